The van der Waals surface area contributed by atoms with Gasteiger partial charge >= 0.3 is 0 Å². The average molecular weight is 378 g/mol. The van der Waals surface area contributed by atoms with E-state index in [4.69, 9.17) is 0 Å². The first-order chi connectivity index (χ1) is 13.9. The molecule has 0 bridgehead atoms. The van der Waals surface area contributed by atoms with Crippen LogP contribution in [0, 0.1) is 0 Å². The fraction of sp³-hybridized carbons (Fsp3) is 0.111. The molecular weight excluding hydrogens is 356 g/mol. The monoisotopic (exact) mass is 378 g/mol. The number of hydrogen-bond acceptors (Lipinski definition) is 2. The summed E-state index contributed by atoms with van der Waals surface area (Å²) < 4.78 is 0. The quantitative estimate of drug-likeness (QED) is 0.405. The number of hydrogen-bond donors (Lipinski definition) is 2. The molecular formula is C27H22O2. The topological polar surface area (TPSA) is 40.5 Å². The van der Waals surface area contributed by atoms with Crippen LogP contribution in [0.3, 0.4) is 0 Å². The van der Waals surface area contributed by atoms with Crippen LogP contribution in [0.25, 0.3) is 33.4 Å². The Balaban J connectivity index is 1.61. The molecule has 1 aliphatic rings. The number of fused-ring (bicyclic) bond motifs is 3. The normalized spacial score (nSPS) is 13.7. The Hall–Kier alpha value is -3.52. The number of phenols is 2. The van der Waals surface area contributed by atoms with E-state index in [2.05, 4.69) is 50.2 Å². The molecule has 0 atom stereocenters. The summed E-state index contributed by atoms with van der Waals surface area (Å²) in [6.07, 6.45) is 0. The molecule has 4 aromatic carbocycles. The molecule has 2 nitrogen and oxygen atoms in total. The second-order valence-corrected chi connectivity index (χ2v) is 8.24. The van der Waals surface area contributed by atoms with Gasteiger partial charge in [-0.25, -0.2) is 0 Å². The van der Waals surface area contributed by atoms with Gasteiger partial charge in [0.2, 0.25) is 0 Å². The molecule has 4 aromatic rings. The van der Waals surface area contributed by atoms with Gasteiger partial charge in [0.15, 0.2) is 0 Å². The molecule has 0 aromatic heterocycles. The zero-order valence-electron chi connectivity index (χ0n) is 16.5. The maximum atomic E-state index is 9.58. The first kappa shape index (κ1) is 17.6. The van der Waals surface area contributed by atoms with Crippen molar-refractivity contribution in [1.29, 1.82) is 0 Å². The lowest BCUT2D eigenvalue weighted by atomic mass is 9.81. The third-order valence-corrected chi connectivity index (χ3v) is 6.08. The summed E-state index contributed by atoms with van der Waals surface area (Å²) in [5, 5.41) is 19.2. The second-order valence-electron chi connectivity index (χ2n) is 8.24. The Labute approximate surface area is 170 Å². The van der Waals surface area contributed by atoms with Crippen LogP contribution in [0.4, 0.5) is 0 Å². The average Bonchev–Trinajstić information content (AvgIpc) is 2.96. The molecule has 1 aliphatic carbocycles. The van der Waals surface area contributed by atoms with Gasteiger partial charge < -0.3 is 10.2 Å². The highest BCUT2D eigenvalue weighted by Crippen LogP contribution is 2.50. The first-order valence-electron chi connectivity index (χ1n) is 9.82. The SMILES string of the molecule is CC1(C)c2cc(-c3ccc(O)cc3)ccc2-c2ccc(-c3ccc(O)cc3)cc21. The van der Waals surface area contributed by atoms with Gasteiger partial charge in [0, 0.05) is 5.41 Å². The fourth-order valence-corrected chi connectivity index (χ4v) is 4.40. The maximum absolute atomic E-state index is 9.58. The third kappa shape index (κ3) is 2.80. The molecule has 0 amide bonds. The number of rotatable bonds is 2. The van der Waals surface area contributed by atoms with Crippen LogP contribution in [0.2, 0.25) is 0 Å². The van der Waals surface area contributed by atoms with E-state index in [1.165, 1.54) is 22.3 Å². The van der Waals surface area contributed by atoms with Gasteiger partial charge in [-0.1, -0.05) is 62.4 Å². The Morgan fingerprint density at radius 2 is 0.828 bits per heavy atom. The van der Waals surface area contributed by atoms with E-state index in [-0.39, 0.29) is 16.9 Å². The van der Waals surface area contributed by atoms with Crippen LogP contribution in [0.15, 0.2) is 84.9 Å². The van der Waals surface area contributed by atoms with E-state index in [1.54, 1.807) is 24.3 Å². The maximum Gasteiger partial charge on any atom is 0.115 e. The van der Waals surface area contributed by atoms with Crippen molar-refractivity contribution in [3.8, 4) is 44.9 Å². The number of benzene rings is 4. The Bertz CT molecular complexity index is 1120. The summed E-state index contributed by atoms with van der Waals surface area (Å²) in [7, 11) is 0. The molecule has 142 valence electrons. The van der Waals surface area contributed by atoms with E-state index < -0.39 is 0 Å². The van der Waals surface area contributed by atoms with Crippen LogP contribution in [-0.2, 0) is 5.41 Å². The summed E-state index contributed by atoms with van der Waals surface area (Å²) in [6, 6.07) is 28.0. The van der Waals surface area contributed by atoms with Crippen molar-refractivity contribution in [3.63, 3.8) is 0 Å². The summed E-state index contributed by atoms with van der Waals surface area (Å²) in [4.78, 5) is 0. The Kier molecular flexibility index (Phi) is 3.78. The summed E-state index contributed by atoms with van der Waals surface area (Å²) in [5.41, 5.74) is 9.61. The lowest BCUT2D eigenvalue weighted by molar-refractivity contribution is 0.475. The van der Waals surface area contributed by atoms with Gasteiger partial charge in [-0.15, -0.1) is 0 Å². The highest BCUT2D eigenvalue weighted by molar-refractivity contribution is 5.85. The summed E-state index contributed by atoms with van der Waals surface area (Å²) in [6.45, 7) is 4.55. The molecule has 0 spiro atoms. The van der Waals surface area contributed by atoms with Crippen LogP contribution in [0.5, 0.6) is 11.5 Å². The molecule has 0 radical (unpaired) electrons. The van der Waals surface area contributed by atoms with Gasteiger partial charge in [0.25, 0.3) is 0 Å². The van der Waals surface area contributed by atoms with Crippen molar-refractivity contribution in [3.05, 3.63) is 96.1 Å². The van der Waals surface area contributed by atoms with Crippen molar-refractivity contribution in [2.45, 2.75) is 19.3 Å². The van der Waals surface area contributed by atoms with Gasteiger partial charge in [-0.3, -0.25) is 0 Å². The zero-order chi connectivity index (χ0) is 20.2. The predicted molar refractivity (Wildman–Crippen MR) is 118 cm³/mol. The van der Waals surface area contributed by atoms with Crippen molar-refractivity contribution in [2.75, 3.05) is 0 Å². The van der Waals surface area contributed by atoms with Gasteiger partial charge in [-0.05, 0) is 80.9 Å². The minimum atomic E-state index is -0.107. The van der Waals surface area contributed by atoms with E-state index in [9.17, 15) is 10.2 Å². The molecule has 29 heavy (non-hydrogen) atoms. The molecule has 0 unspecified atom stereocenters. The molecule has 0 aliphatic heterocycles. The second kappa shape index (κ2) is 6.25. The van der Waals surface area contributed by atoms with Gasteiger partial charge in [0.05, 0.1) is 0 Å². The van der Waals surface area contributed by atoms with Crippen LogP contribution >= 0.6 is 0 Å². The molecule has 0 heterocycles. The van der Waals surface area contributed by atoms with E-state index in [0.29, 0.717) is 0 Å². The molecule has 2 heteroatoms. The minimum absolute atomic E-state index is 0.107. The van der Waals surface area contributed by atoms with Gasteiger partial charge in [-0.2, -0.15) is 0 Å². The van der Waals surface area contributed by atoms with Crippen LogP contribution in [-0.4, -0.2) is 10.2 Å². The van der Waals surface area contributed by atoms with E-state index >= 15 is 0 Å². The van der Waals surface area contributed by atoms with E-state index in [0.717, 1.165) is 22.3 Å². The highest BCUT2D eigenvalue weighted by Gasteiger charge is 2.35. The molecule has 5 rings (SSSR count). The largest absolute Gasteiger partial charge is 0.508 e. The summed E-state index contributed by atoms with van der Waals surface area (Å²) in [5.74, 6) is 0.564. The third-order valence-electron chi connectivity index (χ3n) is 6.08. The van der Waals surface area contributed by atoms with Crippen molar-refractivity contribution in [2.24, 2.45) is 0 Å². The predicted octanol–water partition coefficient (Wildman–Crippen LogP) is 6.74. The van der Waals surface area contributed by atoms with E-state index in [1.807, 2.05) is 24.3 Å². The van der Waals surface area contributed by atoms with Crippen molar-refractivity contribution < 1.29 is 10.2 Å². The Morgan fingerprint density at radius 3 is 1.21 bits per heavy atom. The standard InChI is InChI=1S/C27H22O2/c1-27(2)25-15-19(17-3-9-21(28)10-4-17)7-13-23(25)24-14-8-20(16-26(24)27)18-5-11-22(29)12-6-18/h3-16,28-29H,1-2H3. The molecule has 2 N–H and O–H groups in total. The van der Waals surface area contributed by atoms with Gasteiger partial charge in [0.1, 0.15) is 11.5 Å². The molecule has 0 fully saturated rings. The zero-order valence-corrected chi connectivity index (χ0v) is 16.5. The number of phenolic OH excluding ortho intramolecular Hbond substituents is 2. The first-order valence-corrected chi connectivity index (χ1v) is 9.82. The lowest BCUT2D eigenvalue weighted by Gasteiger charge is -2.22. The molecule has 0 saturated heterocycles. The summed E-state index contributed by atoms with van der Waals surface area (Å²) >= 11 is 0. The highest BCUT2D eigenvalue weighted by atomic mass is 16.3. The lowest BCUT2D eigenvalue weighted by Crippen LogP contribution is -2.15. The number of aromatic hydroxyl groups is 2. The van der Waals surface area contributed by atoms with Crippen molar-refractivity contribution in [1.82, 2.24) is 0 Å². The Morgan fingerprint density at radius 1 is 0.483 bits per heavy atom. The molecule has 0 saturated carbocycles. The smallest absolute Gasteiger partial charge is 0.115 e. The van der Waals surface area contributed by atoms with Crippen molar-refractivity contribution >= 4 is 0 Å². The van der Waals surface area contributed by atoms with Crippen LogP contribution < -0.4 is 0 Å². The fourth-order valence-electron chi connectivity index (χ4n) is 4.40. The minimum Gasteiger partial charge on any atom is -0.508 e. The van der Waals surface area contributed by atoms with Crippen LogP contribution in [0.1, 0.15) is 25.0 Å².